The number of amides is 1. The maximum absolute atomic E-state index is 12.1. The van der Waals surface area contributed by atoms with E-state index < -0.39 is 0 Å². The van der Waals surface area contributed by atoms with Gasteiger partial charge in [0.15, 0.2) is 0 Å². The molecule has 0 aliphatic carbocycles. The van der Waals surface area contributed by atoms with Crippen LogP contribution in [0.1, 0.15) is 20.3 Å². The molecule has 0 bridgehead atoms. The van der Waals surface area contributed by atoms with E-state index in [4.69, 9.17) is 10.5 Å². The van der Waals surface area contributed by atoms with E-state index in [1.54, 1.807) is 0 Å². The van der Waals surface area contributed by atoms with E-state index in [2.05, 4.69) is 11.0 Å². The van der Waals surface area contributed by atoms with Crippen molar-refractivity contribution in [3.63, 3.8) is 0 Å². The van der Waals surface area contributed by atoms with Crippen LogP contribution in [0.4, 0.5) is 5.69 Å². The number of anilines is 1. The number of halogens is 2. The van der Waals surface area contributed by atoms with Gasteiger partial charge >= 0.3 is 0 Å². The van der Waals surface area contributed by atoms with Gasteiger partial charge in [-0.05, 0) is 25.5 Å². The van der Waals surface area contributed by atoms with Crippen LogP contribution in [-0.4, -0.2) is 49.6 Å². The Hall–Kier alpha value is -1.17. The normalized spacial score (nSPS) is 15.3. The molecular formula is C16H27Cl2N3O2. The molecule has 132 valence electrons. The molecule has 1 heterocycles. The van der Waals surface area contributed by atoms with Crippen molar-refractivity contribution in [2.24, 2.45) is 5.73 Å². The Morgan fingerprint density at radius 2 is 1.78 bits per heavy atom. The van der Waals surface area contributed by atoms with Crippen molar-refractivity contribution in [3.05, 3.63) is 24.3 Å². The molecule has 1 aromatic carbocycles. The highest BCUT2D eigenvalue weighted by Crippen LogP contribution is 2.28. The fourth-order valence-corrected chi connectivity index (χ4v) is 2.57. The largest absolute Gasteiger partial charge is 0.492 e. The zero-order valence-corrected chi connectivity index (χ0v) is 15.4. The summed E-state index contributed by atoms with van der Waals surface area (Å²) in [6.07, 6.45) is 0.687. The van der Waals surface area contributed by atoms with Gasteiger partial charge in [-0.25, -0.2) is 0 Å². The lowest BCUT2D eigenvalue weighted by atomic mass is 10.2. The van der Waals surface area contributed by atoms with E-state index in [9.17, 15) is 4.79 Å². The molecule has 7 heteroatoms. The summed E-state index contributed by atoms with van der Waals surface area (Å²) in [6.45, 7) is 7.63. The molecule has 1 aromatic rings. The van der Waals surface area contributed by atoms with E-state index in [-0.39, 0.29) is 36.8 Å². The topological polar surface area (TPSA) is 58.8 Å². The number of hydrogen-bond acceptors (Lipinski definition) is 4. The van der Waals surface area contributed by atoms with Crippen LogP contribution < -0.4 is 15.4 Å². The van der Waals surface area contributed by atoms with Gasteiger partial charge in [-0.3, -0.25) is 4.79 Å². The van der Waals surface area contributed by atoms with Crippen LogP contribution in [0.2, 0.25) is 0 Å². The highest BCUT2D eigenvalue weighted by molar-refractivity contribution is 5.85. The maximum atomic E-state index is 12.1. The first-order chi connectivity index (χ1) is 10.2. The van der Waals surface area contributed by atoms with Crippen LogP contribution in [0, 0.1) is 0 Å². The standard InChI is InChI=1S/C16H25N3O2.2ClH/c1-3-13(17)16(20)19-11-9-18(10-12-19)14-7-5-6-8-15(14)21-4-2;;/h5-8,13H,3-4,9-12,17H2,1-2H3;2*1H/t13-;;/m0../s1. The first-order valence-corrected chi connectivity index (χ1v) is 7.68. The Balaban J connectivity index is 0.00000242. The van der Waals surface area contributed by atoms with Gasteiger partial charge in [0.05, 0.1) is 18.3 Å². The van der Waals surface area contributed by atoms with Gasteiger partial charge in [0.25, 0.3) is 0 Å². The Kier molecular flexibility index (Phi) is 10.0. The molecule has 5 nitrogen and oxygen atoms in total. The molecule has 0 aromatic heterocycles. The van der Waals surface area contributed by atoms with Crippen LogP contribution in [0.3, 0.4) is 0 Å². The Morgan fingerprint density at radius 3 is 2.35 bits per heavy atom. The van der Waals surface area contributed by atoms with Crippen LogP contribution in [0.15, 0.2) is 24.3 Å². The van der Waals surface area contributed by atoms with Crippen molar-refractivity contribution in [2.75, 3.05) is 37.7 Å². The number of nitrogens with two attached hydrogens (primary N) is 1. The maximum Gasteiger partial charge on any atom is 0.239 e. The third-order valence-electron chi connectivity index (χ3n) is 3.85. The molecule has 0 unspecified atom stereocenters. The number of nitrogens with zero attached hydrogens (tertiary/aromatic N) is 2. The average Bonchev–Trinajstić information content (AvgIpc) is 2.54. The number of piperazine rings is 1. The number of hydrogen-bond donors (Lipinski definition) is 1. The van der Waals surface area contributed by atoms with Crippen molar-refractivity contribution >= 4 is 36.4 Å². The fraction of sp³-hybridized carbons (Fsp3) is 0.562. The molecule has 2 N–H and O–H groups in total. The summed E-state index contributed by atoms with van der Waals surface area (Å²) in [7, 11) is 0. The third kappa shape index (κ3) is 5.44. The van der Waals surface area contributed by atoms with Crippen LogP contribution in [-0.2, 0) is 4.79 Å². The molecule has 1 atom stereocenters. The van der Waals surface area contributed by atoms with Gasteiger partial charge in [0, 0.05) is 26.2 Å². The lowest BCUT2D eigenvalue weighted by Crippen LogP contribution is -2.53. The summed E-state index contributed by atoms with van der Waals surface area (Å²) in [4.78, 5) is 16.2. The van der Waals surface area contributed by atoms with E-state index in [1.807, 2.05) is 36.9 Å². The molecule has 1 amide bonds. The molecule has 1 saturated heterocycles. The molecule has 23 heavy (non-hydrogen) atoms. The van der Waals surface area contributed by atoms with E-state index in [0.29, 0.717) is 26.1 Å². The van der Waals surface area contributed by atoms with Crippen LogP contribution in [0.25, 0.3) is 0 Å². The number of para-hydroxylation sites is 2. The first kappa shape index (κ1) is 21.8. The summed E-state index contributed by atoms with van der Waals surface area (Å²) < 4.78 is 5.68. The summed E-state index contributed by atoms with van der Waals surface area (Å²) in [6, 6.07) is 7.69. The van der Waals surface area contributed by atoms with Crippen LogP contribution in [0.5, 0.6) is 5.75 Å². The minimum absolute atomic E-state index is 0. The molecule has 1 aliphatic heterocycles. The Labute approximate surface area is 151 Å². The second-order valence-electron chi connectivity index (χ2n) is 5.23. The van der Waals surface area contributed by atoms with E-state index in [1.165, 1.54) is 0 Å². The quantitative estimate of drug-likeness (QED) is 0.871. The smallest absolute Gasteiger partial charge is 0.239 e. The van der Waals surface area contributed by atoms with Gasteiger partial charge in [0.1, 0.15) is 5.75 Å². The molecule has 0 spiro atoms. The number of benzene rings is 1. The highest BCUT2D eigenvalue weighted by atomic mass is 35.5. The monoisotopic (exact) mass is 363 g/mol. The lowest BCUT2D eigenvalue weighted by molar-refractivity contribution is -0.132. The average molecular weight is 364 g/mol. The molecule has 2 rings (SSSR count). The fourth-order valence-electron chi connectivity index (χ4n) is 2.57. The van der Waals surface area contributed by atoms with Crippen LogP contribution >= 0.6 is 24.8 Å². The van der Waals surface area contributed by atoms with Crippen molar-refractivity contribution in [1.29, 1.82) is 0 Å². The summed E-state index contributed by atoms with van der Waals surface area (Å²) in [5.74, 6) is 0.972. The summed E-state index contributed by atoms with van der Waals surface area (Å²) in [5.41, 5.74) is 6.93. The summed E-state index contributed by atoms with van der Waals surface area (Å²) >= 11 is 0. The minimum atomic E-state index is -0.368. The van der Waals surface area contributed by atoms with Gasteiger partial charge < -0.3 is 20.3 Å². The number of carbonyl (C=O) groups excluding carboxylic acids is 1. The number of carbonyl (C=O) groups is 1. The molecule has 0 saturated carbocycles. The second kappa shape index (κ2) is 10.6. The molecule has 0 radical (unpaired) electrons. The van der Waals surface area contributed by atoms with Gasteiger partial charge in [-0.1, -0.05) is 19.1 Å². The van der Waals surface area contributed by atoms with Gasteiger partial charge in [-0.15, -0.1) is 24.8 Å². The highest BCUT2D eigenvalue weighted by Gasteiger charge is 2.25. The molecular weight excluding hydrogens is 337 g/mol. The Bertz CT molecular complexity index is 480. The number of ether oxygens (including phenoxy) is 1. The Morgan fingerprint density at radius 1 is 1.17 bits per heavy atom. The van der Waals surface area contributed by atoms with E-state index in [0.717, 1.165) is 24.5 Å². The van der Waals surface area contributed by atoms with Crippen molar-refractivity contribution in [3.8, 4) is 5.75 Å². The van der Waals surface area contributed by atoms with E-state index >= 15 is 0 Å². The van der Waals surface area contributed by atoms with Gasteiger partial charge in [0.2, 0.25) is 5.91 Å². The minimum Gasteiger partial charge on any atom is -0.492 e. The zero-order valence-electron chi connectivity index (χ0n) is 13.7. The van der Waals surface area contributed by atoms with Gasteiger partial charge in [-0.2, -0.15) is 0 Å². The predicted molar refractivity (Wildman–Crippen MR) is 99.2 cm³/mol. The van der Waals surface area contributed by atoms with Crippen molar-refractivity contribution in [2.45, 2.75) is 26.3 Å². The second-order valence-corrected chi connectivity index (χ2v) is 5.23. The SMILES string of the molecule is CCOc1ccccc1N1CCN(C(=O)[C@@H](N)CC)CC1.Cl.Cl. The lowest BCUT2D eigenvalue weighted by Gasteiger charge is -2.37. The van der Waals surface area contributed by atoms with Crippen molar-refractivity contribution in [1.82, 2.24) is 4.90 Å². The third-order valence-corrected chi connectivity index (χ3v) is 3.85. The molecule has 1 fully saturated rings. The first-order valence-electron chi connectivity index (χ1n) is 7.68. The predicted octanol–water partition coefficient (Wildman–Crippen LogP) is 2.31. The summed E-state index contributed by atoms with van der Waals surface area (Å²) in [5, 5.41) is 0. The molecule has 1 aliphatic rings. The zero-order chi connectivity index (χ0) is 15.2. The van der Waals surface area contributed by atoms with Crippen molar-refractivity contribution < 1.29 is 9.53 Å². The number of rotatable bonds is 5.